The largest absolute Gasteiger partial charge is 0.287 e. The van der Waals surface area contributed by atoms with Gasteiger partial charge in [0.25, 0.3) is 0 Å². The zero-order valence-electron chi connectivity index (χ0n) is 37.0. The Balaban J connectivity index is 0.000000197. The average molecular weight is 1080 g/mol. The van der Waals surface area contributed by atoms with Crippen LogP contribution < -0.4 is 26.4 Å². The zero-order valence-corrected chi connectivity index (χ0v) is 37.0. The van der Waals surface area contributed by atoms with Crippen LogP contribution in [0.4, 0.5) is 87.8 Å². The molecule has 0 aliphatic heterocycles. The van der Waals surface area contributed by atoms with Gasteiger partial charge in [0.05, 0.1) is 12.4 Å². The van der Waals surface area contributed by atoms with Gasteiger partial charge in [-0.3, -0.25) is 9.78 Å². The minimum Gasteiger partial charge on any atom is -0.287 e. The molecule has 10 rings (SSSR count). The Morgan fingerprint density at radius 2 is 0.579 bits per heavy atom. The van der Waals surface area contributed by atoms with Crippen molar-refractivity contribution >= 4 is 76.9 Å². The van der Waals surface area contributed by atoms with Gasteiger partial charge in [-0.1, -0.05) is 48.5 Å². The SMILES string of the molecule is Fc1c(F)c(F)c([B-](c2c(F)c(F)c(F)c(F)c2F)(c2c(F)c(F)c(F)c(F)c2F)c2c(F)c(F)c(F)c(F)c2F)c(F)c1F.O=C(C[n+]1ccncc1)c1c2cc3ccccc3cc2cc2cc3ccccc3cc12. The van der Waals surface area contributed by atoms with Crippen LogP contribution in [0, 0.1) is 116 Å². The second kappa shape index (κ2) is 19.3. The van der Waals surface area contributed by atoms with E-state index in [1.54, 1.807) is 12.4 Å². The van der Waals surface area contributed by atoms with Gasteiger partial charge in [-0.2, -0.15) is 4.57 Å². The van der Waals surface area contributed by atoms with Crippen molar-refractivity contribution in [2.45, 2.75) is 6.54 Å². The molecular weight excluding hydrogens is 1060 g/mol. The summed E-state index contributed by atoms with van der Waals surface area (Å²) < 4.78 is 296. The molecule has 24 heteroatoms. The monoisotopic (exact) mass is 1080 g/mol. The molecule has 1 aromatic heterocycles. The maximum atomic E-state index is 15.4. The number of carbonyl (C=O) groups excluding carboxylic acids is 1. The van der Waals surface area contributed by atoms with Crippen LogP contribution in [0.5, 0.6) is 0 Å². The van der Waals surface area contributed by atoms with Gasteiger partial charge >= 0.3 is 0 Å². The molecule has 0 saturated heterocycles. The van der Waals surface area contributed by atoms with Crippen molar-refractivity contribution in [2.24, 2.45) is 0 Å². The molecule has 3 nitrogen and oxygen atoms in total. The van der Waals surface area contributed by atoms with Gasteiger partial charge < -0.3 is 0 Å². The van der Waals surface area contributed by atoms with Crippen molar-refractivity contribution < 1.29 is 97.2 Å². The summed E-state index contributed by atoms with van der Waals surface area (Å²) in [6.07, 6.45) is -0.151. The van der Waals surface area contributed by atoms with Crippen LogP contribution >= 0.6 is 0 Å². The molecule has 10 aromatic rings. The number of halogens is 20. The van der Waals surface area contributed by atoms with E-state index in [0.717, 1.165) is 37.9 Å². The second-order valence-electron chi connectivity index (χ2n) is 16.7. The van der Waals surface area contributed by atoms with E-state index in [4.69, 9.17) is 0 Å². The van der Waals surface area contributed by atoms with Crippen molar-refractivity contribution in [3.8, 4) is 0 Å². The number of ketones is 1. The van der Waals surface area contributed by atoms with Crippen LogP contribution in [0.2, 0.25) is 0 Å². The van der Waals surface area contributed by atoms with E-state index in [2.05, 4.69) is 71.7 Å². The van der Waals surface area contributed by atoms with E-state index in [1.165, 1.54) is 10.8 Å². The third kappa shape index (κ3) is 7.90. The first kappa shape index (κ1) is 52.3. The number of hydrogen-bond acceptors (Lipinski definition) is 2. The van der Waals surface area contributed by atoms with E-state index in [9.17, 15) is 57.5 Å². The molecule has 0 saturated carbocycles. The van der Waals surface area contributed by atoms with Gasteiger partial charge in [0.1, 0.15) is 52.7 Å². The first-order chi connectivity index (χ1) is 36.0. The lowest BCUT2D eigenvalue weighted by atomic mass is 9.12. The molecule has 76 heavy (non-hydrogen) atoms. The predicted molar refractivity (Wildman–Crippen MR) is 234 cm³/mol. The van der Waals surface area contributed by atoms with Crippen molar-refractivity contribution in [3.05, 3.63) is 226 Å². The fourth-order valence-electron chi connectivity index (χ4n) is 9.37. The van der Waals surface area contributed by atoms with Crippen LogP contribution in [0.3, 0.4) is 0 Å². The highest BCUT2D eigenvalue weighted by Crippen LogP contribution is 2.36. The molecule has 0 radical (unpaired) electrons. The third-order valence-electron chi connectivity index (χ3n) is 12.7. The highest BCUT2D eigenvalue weighted by Gasteiger charge is 2.52. The molecule has 0 amide bonds. The molecule has 386 valence electrons. The summed E-state index contributed by atoms with van der Waals surface area (Å²) in [5.41, 5.74) is -13.5. The molecular formula is C52H19BF20N2O. The van der Waals surface area contributed by atoms with Crippen molar-refractivity contribution in [1.29, 1.82) is 0 Å². The topological polar surface area (TPSA) is 33.8 Å². The van der Waals surface area contributed by atoms with E-state index in [0.29, 0.717) is 0 Å². The average Bonchev–Trinajstić information content (AvgIpc) is 3.42. The third-order valence-corrected chi connectivity index (χ3v) is 12.7. The highest BCUT2D eigenvalue weighted by molar-refractivity contribution is 7.20. The summed E-state index contributed by atoms with van der Waals surface area (Å²) in [6, 6.07) is 27.5. The number of rotatable bonds is 7. The quantitative estimate of drug-likeness (QED) is 0.0303. The molecule has 0 N–H and O–H groups in total. The maximum Gasteiger partial charge on any atom is 0.228 e. The second-order valence-corrected chi connectivity index (χ2v) is 16.7. The van der Waals surface area contributed by atoms with Crippen molar-refractivity contribution in [3.63, 3.8) is 0 Å². The van der Waals surface area contributed by atoms with E-state index >= 15 is 35.1 Å². The molecule has 0 atom stereocenters. The Kier molecular flexibility index (Phi) is 13.3. The normalized spacial score (nSPS) is 11.8. The molecule has 0 fully saturated rings. The zero-order chi connectivity index (χ0) is 55.1. The summed E-state index contributed by atoms with van der Waals surface area (Å²) in [7, 11) is 0. The molecule has 0 bridgehead atoms. The molecule has 0 aliphatic carbocycles. The van der Waals surface area contributed by atoms with Gasteiger partial charge in [-0.25, -0.2) is 87.8 Å². The van der Waals surface area contributed by atoms with Crippen LogP contribution in [-0.2, 0) is 6.54 Å². The molecule has 0 unspecified atom stereocenters. The summed E-state index contributed by atoms with van der Waals surface area (Å²) in [6.45, 7) is 0.274. The Labute approximate surface area is 410 Å². The first-order valence-corrected chi connectivity index (χ1v) is 21.3. The minimum atomic E-state index is -7.22. The van der Waals surface area contributed by atoms with Crippen LogP contribution in [0.15, 0.2) is 104 Å². The Hall–Kier alpha value is -8.57. The lowest BCUT2D eigenvalue weighted by molar-refractivity contribution is -0.683. The molecule has 9 aromatic carbocycles. The van der Waals surface area contributed by atoms with Crippen molar-refractivity contribution in [1.82, 2.24) is 4.98 Å². The number of aromatic nitrogens is 2. The fourth-order valence-corrected chi connectivity index (χ4v) is 9.37. The van der Waals surface area contributed by atoms with E-state index in [-0.39, 0.29) is 12.3 Å². The fraction of sp³-hybridized carbons (Fsp3) is 0.0192. The summed E-state index contributed by atoms with van der Waals surface area (Å²) in [5.74, 6) is -71.3. The predicted octanol–water partition coefficient (Wildman–Crippen LogP) is 11.7. The van der Waals surface area contributed by atoms with Crippen molar-refractivity contribution in [2.75, 3.05) is 0 Å². The molecule has 0 aliphatic rings. The van der Waals surface area contributed by atoms with Gasteiger partial charge in [0.15, 0.2) is 82.2 Å². The van der Waals surface area contributed by atoms with Crippen LogP contribution in [0.25, 0.3) is 43.1 Å². The number of benzene rings is 9. The van der Waals surface area contributed by atoms with Crippen LogP contribution in [0.1, 0.15) is 10.4 Å². The molecule has 0 spiro atoms. The number of nitrogens with zero attached hydrogens (tertiary/aromatic N) is 2. The number of carbonyl (C=O) groups is 1. The molecule has 1 heterocycles. The Morgan fingerprint density at radius 1 is 0.342 bits per heavy atom. The summed E-state index contributed by atoms with van der Waals surface area (Å²) >= 11 is 0. The van der Waals surface area contributed by atoms with Crippen LogP contribution in [-0.4, -0.2) is 16.9 Å². The number of hydrogen-bond donors (Lipinski definition) is 0. The van der Waals surface area contributed by atoms with Gasteiger partial charge in [0.2, 0.25) is 12.3 Å². The standard InChI is InChI=1S/C28H19N2O.C24BF20/c31-27(18-30-11-9-29-10-12-30)28-25-16-21-7-3-1-5-19(21)13-23(25)15-24-14-20-6-2-4-8-22(20)17-26(24)28;26-5-1(6(27)14(35)21(42)13(5)34)25(2-7(28)15(36)22(43)16(37)8(2)29,3-9(30)17(38)23(44)18(39)10(3)31)4-11(32)19(40)24(45)20(41)12(4)33/h1-17H,18H2;/q+1;-1. The van der Waals surface area contributed by atoms with Gasteiger partial charge in [-0.15, -0.1) is 21.9 Å². The Bertz CT molecular complexity index is 3650. The summed E-state index contributed by atoms with van der Waals surface area (Å²) in [4.78, 5) is 17.7. The number of Topliss-reactive ketones (excluding diaryl/α,β-unsaturated/α-hetero) is 1. The Morgan fingerprint density at radius 3 is 0.855 bits per heavy atom. The number of fused-ring (bicyclic) bond motifs is 4. The van der Waals surface area contributed by atoms with E-state index in [1.807, 2.05) is 29.1 Å². The minimum absolute atomic E-state index is 0.0948. The summed E-state index contributed by atoms with van der Waals surface area (Å²) in [5, 5.41) is 8.81. The lowest BCUT2D eigenvalue weighted by Gasteiger charge is -2.44. The smallest absolute Gasteiger partial charge is 0.228 e. The highest BCUT2D eigenvalue weighted by atomic mass is 19.2. The maximum absolute atomic E-state index is 15.4. The lowest BCUT2D eigenvalue weighted by Crippen LogP contribution is -2.81. The van der Waals surface area contributed by atoms with Gasteiger partial charge in [0, 0.05) is 5.56 Å². The first-order valence-electron chi connectivity index (χ1n) is 21.3. The van der Waals surface area contributed by atoms with Gasteiger partial charge in [-0.05, 0) is 73.4 Å². The van der Waals surface area contributed by atoms with E-state index < -0.39 is 144 Å².